The van der Waals surface area contributed by atoms with Crippen LogP contribution in [-0.2, 0) is 17.5 Å². The summed E-state index contributed by atoms with van der Waals surface area (Å²) in [5.74, 6) is -1.74. The van der Waals surface area contributed by atoms with Crippen LogP contribution in [0.1, 0.15) is 32.2 Å². The minimum Gasteiger partial charge on any atom is -0.414 e. The van der Waals surface area contributed by atoms with E-state index in [0.29, 0.717) is 11.3 Å². The number of thioether (sulfide) groups is 1. The minimum atomic E-state index is -4.56. The molecule has 3 rings (SSSR count). The normalized spacial score (nSPS) is 11.1. The second-order valence-electron chi connectivity index (χ2n) is 6.50. The maximum absolute atomic E-state index is 12.8. The average molecular weight is 479 g/mol. The van der Waals surface area contributed by atoms with E-state index in [0.717, 1.165) is 30.0 Å². The number of nitrogens with zero attached hydrogens (tertiary/aromatic N) is 2. The lowest BCUT2D eigenvalue weighted by Gasteiger charge is -2.08. The Morgan fingerprint density at radius 1 is 1.03 bits per heavy atom. The molecule has 0 unspecified atom stereocenters. The number of anilines is 1. The van der Waals surface area contributed by atoms with E-state index in [-0.39, 0.29) is 34.9 Å². The molecular weight excluding hydrogens is 463 g/mol. The Bertz CT molecular complexity index is 1170. The van der Waals surface area contributed by atoms with Gasteiger partial charge in [-0.3, -0.25) is 14.4 Å². The number of nitrogens with one attached hydrogen (secondary N) is 2. The lowest BCUT2D eigenvalue weighted by molar-refractivity contribution is -0.137. The third kappa shape index (κ3) is 6.80. The Balaban J connectivity index is 1.47. The van der Waals surface area contributed by atoms with E-state index in [4.69, 9.17) is 10.2 Å². The van der Waals surface area contributed by atoms with Gasteiger partial charge in [0.1, 0.15) is 0 Å². The molecule has 0 radical (unpaired) electrons. The molecule has 0 aliphatic rings. The van der Waals surface area contributed by atoms with E-state index < -0.39 is 23.6 Å². The van der Waals surface area contributed by atoms with Crippen molar-refractivity contribution in [2.24, 2.45) is 5.73 Å². The van der Waals surface area contributed by atoms with Gasteiger partial charge in [0.25, 0.3) is 11.1 Å². The highest BCUT2D eigenvalue weighted by Gasteiger charge is 2.30. The van der Waals surface area contributed by atoms with E-state index in [9.17, 15) is 27.6 Å². The van der Waals surface area contributed by atoms with Crippen LogP contribution in [-0.4, -0.2) is 33.7 Å². The Morgan fingerprint density at radius 2 is 1.76 bits per heavy atom. The van der Waals surface area contributed by atoms with E-state index in [2.05, 4.69) is 20.8 Å². The van der Waals surface area contributed by atoms with Gasteiger partial charge in [-0.15, -0.1) is 10.2 Å². The summed E-state index contributed by atoms with van der Waals surface area (Å²) >= 11 is 0.948. The fraction of sp³-hybridized carbons (Fsp3) is 0.150. The number of carbonyl (C=O) groups excluding carboxylic acids is 3. The zero-order valence-electron chi connectivity index (χ0n) is 16.7. The summed E-state index contributed by atoms with van der Waals surface area (Å²) in [6, 6.07) is 10.00. The van der Waals surface area contributed by atoms with Crippen molar-refractivity contribution < 1.29 is 32.0 Å². The van der Waals surface area contributed by atoms with Gasteiger partial charge in [-0.1, -0.05) is 17.8 Å². The molecular formula is C20H16F3N5O4S. The molecule has 1 aromatic heterocycles. The van der Waals surface area contributed by atoms with Crippen LogP contribution in [0, 0.1) is 0 Å². The van der Waals surface area contributed by atoms with Gasteiger partial charge in [-0.2, -0.15) is 13.2 Å². The Morgan fingerprint density at radius 3 is 2.42 bits per heavy atom. The van der Waals surface area contributed by atoms with Crippen molar-refractivity contribution in [3.8, 4) is 0 Å². The lowest BCUT2D eigenvalue weighted by Crippen LogP contribution is -2.23. The summed E-state index contributed by atoms with van der Waals surface area (Å²) in [6.07, 6.45) is -4.56. The monoisotopic (exact) mass is 479 g/mol. The number of hydrogen-bond acceptors (Lipinski definition) is 7. The third-order valence-electron chi connectivity index (χ3n) is 4.08. The van der Waals surface area contributed by atoms with Crippen LogP contribution in [0.5, 0.6) is 0 Å². The molecule has 1 heterocycles. The van der Waals surface area contributed by atoms with Crippen molar-refractivity contribution in [1.82, 2.24) is 15.5 Å². The number of hydrogen-bond donors (Lipinski definition) is 3. The fourth-order valence-electron chi connectivity index (χ4n) is 2.50. The van der Waals surface area contributed by atoms with Crippen LogP contribution < -0.4 is 16.4 Å². The van der Waals surface area contributed by atoms with Crippen molar-refractivity contribution in [3.05, 3.63) is 71.1 Å². The topological polar surface area (TPSA) is 140 Å². The summed E-state index contributed by atoms with van der Waals surface area (Å²) in [6.45, 7) is -0.207. The molecule has 0 aliphatic heterocycles. The molecule has 33 heavy (non-hydrogen) atoms. The number of rotatable bonds is 8. The maximum Gasteiger partial charge on any atom is 0.416 e. The molecule has 0 saturated heterocycles. The number of nitrogens with two attached hydrogens (primary N) is 1. The van der Waals surface area contributed by atoms with Crippen molar-refractivity contribution in [2.75, 3.05) is 11.1 Å². The molecule has 2 aromatic carbocycles. The Labute approximate surface area is 188 Å². The summed E-state index contributed by atoms with van der Waals surface area (Å²) < 4.78 is 43.6. The van der Waals surface area contributed by atoms with Crippen LogP contribution in [0.2, 0.25) is 0 Å². The van der Waals surface area contributed by atoms with E-state index in [1.54, 1.807) is 0 Å². The third-order valence-corrected chi connectivity index (χ3v) is 4.90. The molecule has 0 aliphatic carbocycles. The maximum atomic E-state index is 12.8. The first-order chi connectivity index (χ1) is 15.6. The molecule has 0 atom stereocenters. The molecule has 4 N–H and O–H groups in total. The Hall–Kier alpha value is -3.87. The predicted octanol–water partition coefficient (Wildman–Crippen LogP) is 2.85. The minimum absolute atomic E-state index is 0.0141. The SMILES string of the molecule is NC(=O)c1ccc(NC(=O)CSc2nnc(CNC(=O)c3cccc(C(F)(F)F)c3)o2)cc1. The van der Waals surface area contributed by atoms with Crippen molar-refractivity contribution in [2.45, 2.75) is 17.9 Å². The van der Waals surface area contributed by atoms with Crippen LogP contribution in [0.15, 0.2) is 58.2 Å². The van der Waals surface area contributed by atoms with E-state index in [1.807, 2.05) is 0 Å². The largest absolute Gasteiger partial charge is 0.416 e. The molecule has 9 nitrogen and oxygen atoms in total. The van der Waals surface area contributed by atoms with Crippen molar-refractivity contribution in [1.29, 1.82) is 0 Å². The van der Waals surface area contributed by atoms with Gasteiger partial charge in [0.15, 0.2) is 0 Å². The predicted molar refractivity (Wildman–Crippen MR) is 111 cm³/mol. The number of benzene rings is 2. The van der Waals surface area contributed by atoms with Gasteiger partial charge in [0.2, 0.25) is 17.7 Å². The summed E-state index contributed by atoms with van der Waals surface area (Å²) in [5, 5.41) is 12.5. The summed E-state index contributed by atoms with van der Waals surface area (Å²) in [5.41, 5.74) is 4.82. The number of halogens is 3. The van der Waals surface area contributed by atoms with Gasteiger partial charge in [-0.25, -0.2) is 0 Å². The number of alkyl halides is 3. The van der Waals surface area contributed by atoms with Gasteiger partial charge < -0.3 is 20.8 Å². The van der Waals surface area contributed by atoms with Crippen molar-refractivity contribution >= 4 is 35.2 Å². The van der Waals surface area contributed by atoms with E-state index in [1.165, 1.54) is 30.3 Å². The second kappa shape index (κ2) is 10.2. The first kappa shape index (κ1) is 23.8. The zero-order valence-corrected chi connectivity index (χ0v) is 17.5. The highest BCUT2D eigenvalue weighted by molar-refractivity contribution is 7.99. The summed E-state index contributed by atoms with van der Waals surface area (Å²) in [4.78, 5) is 35.2. The smallest absolute Gasteiger partial charge is 0.414 e. The van der Waals surface area contributed by atoms with Gasteiger partial charge >= 0.3 is 6.18 Å². The van der Waals surface area contributed by atoms with Crippen LogP contribution in [0.3, 0.4) is 0 Å². The quantitative estimate of drug-likeness (QED) is 0.422. The van der Waals surface area contributed by atoms with Gasteiger partial charge in [0.05, 0.1) is 17.9 Å². The molecule has 172 valence electrons. The number of amides is 3. The molecule has 13 heteroatoms. The molecule has 0 saturated carbocycles. The summed E-state index contributed by atoms with van der Waals surface area (Å²) in [7, 11) is 0. The van der Waals surface area contributed by atoms with Gasteiger partial charge in [-0.05, 0) is 42.5 Å². The zero-order chi connectivity index (χ0) is 24.0. The second-order valence-corrected chi connectivity index (χ2v) is 7.43. The van der Waals surface area contributed by atoms with Gasteiger partial charge in [0, 0.05) is 16.8 Å². The van der Waals surface area contributed by atoms with Crippen LogP contribution in [0.4, 0.5) is 18.9 Å². The van der Waals surface area contributed by atoms with Crippen LogP contribution in [0.25, 0.3) is 0 Å². The lowest BCUT2D eigenvalue weighted by atomic mass is 10.1. The van der Waals surface area contributed by atoms with Crippen LogP contribution >= 0.6 is 11.8 Å². The first-order valence-corrected chi connectivity index (χ1v) is 10.2. The molecule has 0 spiro atoms. The van der Waals surface area contributed by atoms with E-state index >= 15 is 0 Å². The number of primary amides is 1. The molecule has 0 fully saturated rings. The highest BCUT2D eigenvalue weighted by atomic mass is 32.2. The Kier molecular flexibility index (Phi) is 7.33. The molecule has 3 amide bonds. The highest BCUT2D eigenvalue weighted by Crippen LogP contribution is 2.29. The number of aromatic nitrogens is 2. The molecule has 3 aromatic rings. The standard InChI is InChI=1S/C20H16F3N5O4S/c21-20(22,23)13-3-1-2-12(8-13)18(31)25-9-16-27-28-19(32-16)33-10-15(29)26-14-6-4-11(5-7-14)17(24)30/h1-8H,9-10H2,(H2,24,30)(H,25,31)(H,26,29). The fourth-order valence-corrected chi connectivity index (χ4v) is 3.09. The number of carbonyl (C=O) groups is 3. The molecule has 0 bridgehead atoms. The first-order valence-electron chi connectivity index (χ1n) is 9.22. The van der Waals surface area contributed by atoms with Crippen molar-refractivity contribution in [3.63, 3.8) is 0 Å². The average Bonchev–Trinajstić information content (AvgIpc) is 3.24.